The van der Waals surface area contributed by atoms with Crippen LogP contribution in [0.3, 0.4) is 0 Å². The number of aliphatic hydroxyl groups is 1. The summed E-state index contributed by atoms with van der Waals surface area (Å²) in [5.74, 6) is 0.619. The summed E-state index contributed by atoms with van der Waals surface area (Å²) in [6.45, 7) is 3.33. The predicted octanol–water partition coefficient (Wildman–Crippen LogP) is 3.37. The van der Waals surface area contributed by atoms with Crippen molar-refractivity contribution >= 4 is 0 Å². The fourth-order valence-corrected chi connectivity index (χ4v) is 1.47. The summed E-state index contributed by atoms with van der Waals surface area (Å²) in [7, 11) is 0. The highest BCUT2D eigenvalue weighted by atomic mass is 19.1. The number of halogens is 1. The topological polar surface area (TPSA) is 42.4 Å². The van der Waals surface area contributed by atoms with Gasteiger partial charge < -0.3 is 9.84 Å². The first-order valence-corrected chi connectivity index (χ1v) is 5.64. The molecule has 1 N–H and O–H groups in total. The molecule has 2 aromatic rings. The number of nitrogens with zero attached hydrogens (tertiary/aromatic N) is 1. The van der Waals surface area contributed by atoms with Gasteiger partial charge in [0.2, 0.25) is 0 Å². The second-order valence-corrected chi connectivity index (χ2v) is 4.11. The van der Waals surface area contributed by atoms with Crippen LogP contribution in [0.25, 0.3) is 0 Å². The van der Waals surface area contributed by atoms with E-state index in [9.17, 15) is 9.50 Å². The smallest absolute Gasteiger partial charge is 0.145 e. The van der Waals surface area contributed by atoms with Crippen molar-refractivity contribution in [2.75, 3.05) is 0 Å². The number of rotatable bonds is 3. The van der Waals surface area contributed by atoms with Gasteiger partial charge in [0, 0.05) is 6.07 Å². The molecule has 0 aliphatic heterocycles. The largest absolute Gasteiger partial charge is 0.456 e. The van der Waals surface area contributed by atoms with Gasteiger partial charge in [-0.05, 0) is 37.6 Å². The predicted molar refractivity (Wildman–Crippen MR) is 66.1 cm³/mol. The van der Waals surface area contributed by atoms with E-state index >= 15 is 0 Å². The van der Waals surface area contributed by atoms with Crippen molar-refractivity contribution in [2.24, 2.45) is 0 Å². The molecule has 0 bridgehead atoms. The first-order chi connectivity index (χ1) is 8.56. The highest BCUT2D eigenvalue weighted by Gasteiger charge is 2.04. The van der Waals surface area contributed by atoms with E-state index in [4.69, 9.17) is 4.74 Å². The van der Waals surface area contributed by atoms with Crippen molar-refractivity contribution in [2.45, 2.75) is 20.0 Å². The van der Waals surface area contributed by atoms with Crippen molar-refractivity contribution in [3.05, 3.63) is 53.6 Å². The summed E-state index contributed by atoms with van der Waals surface area (Å²) in [5, 5.41) is 9.32. The van der Waals surface area contributed by atoms with Crippen LogP contribution in [-0.2, 0) is 0 Å². The molecule has 0 aliphatic rings. The van der Waals surface area contributed by atoms with E-state index in [-0.39, 0.29) is 5.82 Å². The van der Waals surface area contributed by atoms with Crippen LogP contribution >= 0.6 is 0 Å². The van der Waals surface area contributed by atoms with Gasteiger partial charge in [0.25, 0.3) is 0 Å². The van der Waals surface area contributed by atoms with Gasteiger partial charge in [0.1, 0.15) is 17.3 Å². The highest BCUT2D eigenvalue weighted by molar-refractivity contribution is 5.33. The van der Waals surface area contributed by atoms with E-state index in [1.807, 2.05) is 0 Å². The molecule has 0 amide bonds. The third-order valence-electron chi connectivity index (χ3n) is 2.57. The zero-order valence-corrected chi connectivity index (χ0v) is 10.2. The van der Waals surface area contributed by atoms with E-state index in [2.05, 4.69) is 4.98 Å². The molecule has 0 unspecified atom stereocenters. The second-order valence-electron chi connectivity index (χ2n) is 4.11. The van der Waals surface area contributed by atoms with Gasteiger partial charge in [-0.3, -0.25) is 4.98 Å². The third-order valence-corrected chi connectivity index (χ3v) is 2.57. The first-order valence-electron chi connectivity index (χ1n) is 5.64. The Balaban J connectivity index is 2.15. The number of benzene rings is 1. The molecule has 0 spiro atoms. The lowest BCUT2D eigenvalue weighted by Gasteiger charge is -2.08. The Morgan fingerprint density at radius 2 is 1.94 bits per heavy atom. The van der Waals surface area contributed by atoms with Crippen molar-refractivity contribution in [1.29, 1.82) is 0 Å². The van der Waals surface area contributed by atoms with E-state index in [1.165, 1.54) is 12.3 Å². The Morgan fingerprint density at radius 1 is 1.22 bits per heavy atom. The van der Waals surface area contributed by atoms with E-state index in [0.717, 1.165) is 0 Å². The van der Waals surface area contributed by atoms with Crippen molar-refractivity contribution in [3.63, 3.8) is 0 Å². The van der Waals surface area contributed by atoms with Crippen LogP contribution in [0.1, 0.15) is 24.3 Å². The Bertz CT molecular complexity index is 538. The first kappa shape index (κ1) is 12.5. The summed E-state index contributed by atoms with van der Waals surface area (Å²) >= 11 is 0. The Morgan fingerprint density at radius 3 is 2.50 bits per heavy atom. The summed E-state index contributed by atoms with van der Waals surface area (Å²) in [4.78, 5) is 4.05. The molecular formula is C14H14FNO2. The maximum atomic E-state index is 13.3. The van der Waals surface area contributed by atoms with Crippen LogP contribution in [0.15, 0.2) is 36.5 Å². The highest BCUT2D eigenvalue weighted by Crippen LogP contribution is 2.23. The fraction of sp³-hybridized carbons (Fsp3) is 0.214. The molecule has 1 aromatic carbocycles. The van der Waals surface area contributed by atoms with E-state index < -0.39 is 6.10 Å². The van der Waals surface area contributed by atoms with E-state index in [1.54, 1.807) is 38.1 Å². The molecule has 3 nitrogen and oxygen atoms in total. The van der Waals surface area contributed by atoms with Crippen LogP contribution in [0.2, 0.25) is 0 Å². The number of hydrogen-bond donors (Lipinski definition) is 1. The average molecular weight is 247 g/mol. The van der Waals surface area contributed by atoms with Gasteiger partial charge >= 0.3 is 0 Å². The average Bonchev–Trinajstić information content (AvgIpc) is 2.34. The van der Waals surface area contributed by atoms with Crippen LogP contribution < -0.4 is 4.74 Å². The number of aryl methyl sites for hydroxylation is 1. The van der Waals surface area contributed by atoms with Gasteiger partial charge in [-0.15, -0.1) is 0 Å². The second kappa shape index (κ2) is 5.14. The van der Waals surface area contributed by atoms with Gasteiger partial charge in [-0.1, -0.05) is 6.07 Å². The van der Waals surface area contributed by atoms with Gasteiger partial charge in [-0.2, -0.15) is 0 Å². The standard InChI is InChI=1S/C14H14FNO2/c1-9-3-4-11(7-13(9)15)18-12-5-6-14(10(2)17)16-8-12/h3-8,10,17H,1-2H3/t10-/m0/s1. The minimum absolute atomic E-state index is 0.305. The molecule has 94 valence electrons. The van der Waals surface area contributed by atoms with Crippen LogP contribution in [-0.4, -0.2) is 10.1 Å². The fourth-order valence-electron chi connectivity index (χ4n) is 1.47. The van der Waals surface area contributed by atoms with Gasteiger partial charge in [0.05, 0.1) is 18.0 Å². The van der Waals surface area contributed by atoms with Crippen LogP contribution in [0, 0.1) is 12.7 Å². The minimum Gasteiger partial charge on any atom is -0.456 e. The van der Waals surface area contributed by atoms with Gasteiger partial charge in [0.15, 0.2) is 0 Å². The number of pyridine rings is 1. The number of hydrogen-bond acceptors (Lipinski definition) is 3. The number of aromatic nitrogens is 1. The van der Waals surface area contributed by atoms with Gasteiger partial charge in [-0.25, -0.2) is 4.39 Å². The molecule has 1 atom stereocenters. The van der Waals surface area contributed by atoms with Crippen LogP contribution in [0.5, 0.6) is 11.5 Å². The molecule has 0 aliphatic carbocycles. The Labute approximate surface area is 105 Å². The summed E-state index contributed by atoms with van der Waals surface area (Å²) in [6, 6.07) is 8.04. The SMILES string of the molecule is Cc1ccc(Oc2ccc([C@H](C)O)nc2)cc1F. The van der Waals surface area contributed by atoms with Crippen molar-refractivity contribution < 1.29 is 14.2 Å². The summed E-state index contributed by atoms with van der Waals surface area (Å²) < 4.78 is 18.8. The molecular weight excluding hydrogens is 233 g/mol. The molecule has 0 fully saturated rings. The molecule has 1 heterocycles. The minimum atomic E-state index is -0.615. The molecule has 4 heteroatoms. The summed E-state index contributed by atoms with van der Waals surface area (Å²) in [6.07, 6.45) is 0.885. The maximum absolute atomic E-state index is 13.3. The van der Waals surface area contributed by atoms with Crippen molar-refractivity contribution in [1.82, 2.24) is 4.98 Å². The van der Waals surface area contributed by atoms with Crippen molar-refractivity contribution in [3.8, 4) is 11.5 Å². The number of aliphatic hydroxyl groups excluding tert-OH is 1. The molecule has 18 heavy (non-hydrogen) atoms. The maximum Gasteiger partial charge on any atom is 0.145 e. The molecule has 0 saturated heterocycles. The zero-order valence-electron chi connectivity index (χ0n) is 10.2. The molecule has 0 saturated carbocycles. The Kier molecular flexibility index (Phi) is 3.58. The van der Waals surface area contributed by atoms with Crippen LogP contribution in [0.4, 0.5) is 4.39 Å². The lowest BCUT2D eigenvalue weighted by atomic mass is 10.2. The quantitative estimate of drug-likeness (QED) is 0.904. The van der Waals surface area contributed by atoms with E-state index in [0.29, 0.717) is 22.8 Å². The molecule has 0 radical (unpaired) electrons. The zero-order chi connectivity index (χ0) is 13.1. The lowest BCUT2D eigenvalue weighted by Crippen LogP contribution is -1.95. The summed E-state index contributed by atoms with van der Waals surface area (Å²) in [5.41, 5.74) is 1.14. The molecule has 2 rings (SSSR count). The Hall–Kier alpha value is -1.94. The lowest BCUT2D eigenvalue weighted by molar-refractivity contribution is 0.194. The molecule has 1 aromatic heterocycles. The monoisotopic (exact) mass is 247 g/mol. The number of ether oxygens (including phenoxy) is 1. The third kappa shape index (κ3) is 2.84. The normalized spacial score (nSPS) is 12.2.